The molecule has 2 aromatic rings. The summed E-state index contributed by atoms with van der Waals surface area (Å²) in [6.07, 6.45) is 0.696. The van der Waals surface area contributed by atoms with Crippen molar-refractivity contribution in [3.8, 4) is 5.75 Å². The molecule has 0 bridgehead atoms. The molecule has 3 N–H and O–H groups in total. The van der Waals surface area contributed by atoms with E-state index in [4.69, 9.17) is 5.11 Å². The molecular weight excluding hydrogens is 270 g/mol. The molecule has 0 heterocycles. The molecule has 0 fully saturated rings. The first-order valence-corrected chi connectivity index (χ1v) is 6.51. The van der Waals surface area contributed by atoms with Crippen molar-refractivity contribution in [2.75, 3.05) is 5.32 Å². The Bertz CT molecular complexity index is 739. The fourth-order valence-electron chi connectivity index (χ4n) is 2.51. The van der Waals surface area contributed by atoms with Gasteiger partial charge < -0.3 is 15.5 Å². The number of benzene rings is 2. The first-order valence-electron chi connectivity index (χ1n) is 6.51. The van der Waals surface area contributed by atoms with E-state index in [0.29, 0.717) is 12.1 Å². The van der Waals surface area contributed by atoms with Gasteiger partial charge in [0.25, 0.3) is 0 Å². The third-order valence-electron chi connectivity index (χ3n) is 3.67. The van der Waals surface area contributed by atoms with Gasteiger partial charge in [-0.05, 0) is 29.7 Å². The van der Waals surface area contributed by atoms with Crippen LogP contribution in [0.1, 0.15) is 27.4 Å². The van der Waals surface area contributed by atoms with Crippen molar-refractivity contribution in [3.63, 3.8) is 0 Å². The van der Waals surface area contributed by atoms with Gasteiger partial charge in [-0.15, -0.1) is 0 Å². The lowest BCUT2D eigenvalue weighted by atomic mass is 9.77. The molecule has 0 radical (unpaired) electrons. The van der Waals surface area contributed by atoms with E-state index >= 15 is 0 Å². The highest BCUT2D eigenvalue weighted by Crippen LogP contribution is 2.35. The van der Waals surface area contributed by atoms with E-state index in [9.17, 15) is 14.7 Å². The van der Waals surface area contributed by atoms with Crippen LogP contribution in [-0.2, 0) is 11.2 Å². The number of carboxylic acids is 1. The number of carbonyl (C=O) groups is 2. The largest absolute Gasteiger partial charge is 0.507 e. The zero-order valence-electron chi connectivity index (χ0n) is 11.0. The number of hydrogen-bond acceptors (Lipinski definition) is 3. The summed E-state index contributed by atoms with van der Waals surface area (Å²) in [6, 6.07) is 11.7. The molecule has 1 unspecified atom stereocenters. The number of carbonyl (C=O) groups excluding carboxylic acids is 1. The van der Waals surface area contributed by atoms with Gasteiger partial charge in [-0.3, -0.25) is 4.79 Å². The predicted molar refractivity (Wildman–Crippen MR) is 76.6 cm³/mol. The molecule has 21 heavy (non-hydrogen) atoms. The molecule has 5 heteroatoms. The van der Waals surface area contributed by atoms with Crippen LogP contribution in [-0.4, -0.2) is 22.1 Å². The van der Waals surface area contributed by atoms with Crippen LogP contribution in [0.2, 0.25) is 0 Å². The maximum absolute atomic E-state index is 12.2. The number of aromatic hydroxyl groups is 1. The molecule has 0 saturated carbocycles. The maximum Gasteiger partial charge on any atom is 0.339 e. The van der Waals surface area contributed by atoms with Crippen LogP contribution in [0.15, 0.2) is 42.5 Å². The van der Waals surface area contributed by atoms with Gasteiger partial charge in [-0.1, -0.05) is 24.3 Å². The van der Waals surface area contributed by atoms with Crippen molar-refractivity contribution in [1.82, 2.24) is 0 Å². The number of hydrogen-bond donors (Lipinski definition) is 3. The van der Waals surface area contributed by atoms with Gasteiger partial charge in [-0.25, -0.2) is 4.79 Å². The summed E-state index contributed by atoms with van der Waals surface area (Å²) in [4.78, 5) is 23.0. The van der Waals surface area contributed by atoms with E-state index in [-0.39, 0.29) is 23.1 Å². The van der Waals surface area contributed by atoms with Crippen LogP contribution < -0.4 is 5.32 Å². The van der Waals surface area contributed by atoms with Crippen LogP contribution in [0.25, 0.3) is 0 Å². The number of nitrogens with one attached hydrogen (secondary N) is 1. The average molecular weight is 283 g/mol. The summed E-state index contributed by atoms with van der Waals surface area (Å²) in [7, 11) is 0. The molecule has 1 aliphatic rings. The van der Waals surface area contributed by atoms with Crippen molar-refractivity contribution in [2.24, 2.45) is 0 Å². The Morgan fingerprint density at radius 3 is 2.57 bits per heavy atom. The Kier molecular flexibility index (Phi) is 3.10. The van der Waals surface area contributed by atoms with Crippen LogP contribution in [0.3, 0.4) is 0 Å². The molecule has 1 amide bonds. The average Bonchev–Trinajstić information content (AvgIpc) is 2.39. The van der Waals surface area contributed by atoms with E-state index in [1.165, 1.54) is 23.8 Å². The summed E-state index contributed by atoms with van der Waals surface area (Å²) in [5, 5.41) is 21.1. The Labute approximate surface area is 120 Å². The molecule has 3 rings (SSSR count). The molecule has 1 atom stereocenters. The Morgan fingerprint density at radius 2 is 1.90 bits per heavy atom. The summed E-state index contributed by atoms with van der Waals surface area (Å²) < 4.78 is 0. The molecule has 106 valence electrons. The first-order chi connectivity index (χ1) is 10.1. The summed E-state index contributed by atoms with van der Waals surface area (Å²) in [6.45, 7) is 0. The lowest BCUT2D eigenvalue weighted by Gasteiger charge is -2.28. The molecule has 0 aromatic heterocycles. The molecule has 5 nitrogen and oxygen atoms in total. The van der Waals surface area contributed by atoms with Crippen LogP contribution >= 0.6 is 0 Å². The number of carboxylic acid groups (broad SMARTS) is 1. The van der Waals surface area contributed by atoms with Crippen LogP contribution in [0.4, 0.5) is 5.69 Å². The van der Waals surface area contributed by atoms with Crippen molar-refractivity contribution >= 4 is 17.6 Å². The highest BCUT2D eigenvalue weighted by molar-refractivity contribution is 5.99. The van der Waals surface area contributed by atoms with E-state index in [0.717, 1.165) is 5.56 Å². The SMILES string of the molecule is O=C(O)c1ccc(NC(=O)C2Cc3ccccc32)cc1O. The molecular formula is C16H13NO4. The normalized spacial score (nSPS) is 15.7. The summed E-state index contributed by atoms with van der Waals surface area (Å²) in [5.74, 6) is -1.92. The lowest BCUT2D eigenvalue weighted by Crippen LogP contribution is -2.30. The van der Waals surface area contributed by atoms with Gasteiger partial charge in [0, 0.05) is 11.8 Å². The number of phenols is 1. The maximum atomic E-state index is 12.2. The summed E-state index contributed by atoms with van der Waals surface area (Å²) >= 11 is 0. The number of rotatable bonds is 3. The highest BCUT2D eigenvalue weighted by Gasteiger charge is 2.31. The Hall–Kier alpha value is -2.82. The van der Waals surface area contributed by atoms with Gasteiger partial charge in [0.1, 0.15) is 11.3 Å². The van der Waals surface area contributed by atoms with Crippen molar-refractivity contribution in [2.45, 2.75) is 12.3 Å². The standard InChI is InChI=1S/C16H13NO4/c18-14-8-10(5-6-12(14)16(20)21)17-15(19)13-7-9-3-1-2-4-11(9)13/h1-6,8,13,18H,7H2,(H,17,19)(H,20,21). The fraction of sp³-hybridized carbons (Fsp3) is 0.125. The molecule has 0 spiro atoms. The van der Waals surface area contributed by atoms with Gasteiger partial charge in [0.2, 0.25) is 5.91 Å². The Morgan fingerprint density at radius 1 is 1.14 bits per heavy atom. The number of amides is 1. The fourth-order valence-corrected chi connectivity index (χ4v) is 2.51. The minimum atomic E-state index is -1.21. The lowest BCUT2D eigenvalue weighted by molar-refractivity contribution is -0.118. The Balaban J connectivity index is 1.75. The van der Waals surface area contributed by atoms with Crippen molar-refractivity contribution < 1.29 is 19.8 Å². The van der Waals surface area contributed by atoms with Crippen molar-refractivity contribution in [3.05, 3.63) is 59.2 Å². The second kappa shape index (κ2) is 4.94. The van der Waals surface area contributed by atoms with Crippen molar-refractivity contribution in [1.29, 1.82) is 0 Å². The van der Waals surface area contributed by atoms with E-state index in [2.05, 4.69) is 5.32 Å². The molecule has 0 aliphatic heterocycles. The second-order valence-corrected chi connectivity index (χ2v) is 4.98. The number of aromatic carboxylic acids is 1. The first kappa shape index (κ1) is 13.2. The minimum absolute atomic E-state index is 0.156. The van der Waals surface area contributed by atoms with Crippen LogP contribution in [0, 0.1) is 0 Å². The van der Waals surface area contributed by atoms with Crippen LogP contribution in [0.5, 0.6) is 5.75 Å². The smallest absolute Gasteiger partial charge is 0.339 e. The third kappa shape index (κ3) is 2.33. The monoisotopic (exact) mass is 283 g/mol. The van der Waals surface area contributed by atoms with E-state index in [1.807, 2.05) is 24.3 Å². The topological polar surface area (TPSA) is 86.6 Å². The summed E-state index contributed by atoms with van der Waals surface area (Å²) in [5.41, 5.74) is 2.37. The second-order valence-electron chi connectivity index (χ2n) is 4.98. The van der Waals surface area contributed by atoms with Gasteiger partial charge in [0.15, 0.2) is 0 Å². The zero-order chi connectivity index (χ0) is 15.0. The van der Waals surface area contributed by atoms with Gasteiger partial charge in [-0.2, -0.15) is 0 Å². The highest BCUT2D eigenvalue weighted by atomic mass is 16.4. The zero-order valence-corrected chi connectivity index (χ0v) is 11.0. The number of anilines is 1. The third-order valence-corrected chi connectivity index (χ3v) is 3.67. The predicted octanol–water partition coefficient (Wildman–Crippen LogP) is 2.37. The molecule has 0 saturated heterocycles. The van der Waals surface area contributed by atoms with Gasteiger partial charge >= 0.3 is 5.97 Å². The van der Waals surface area contributed by atoms with E-state index < -0.39 is 5.97 Å². The number of fused-ring (bicyclic) bond motifs is 1. The molecule has 2 aromatic carbocycles. The minimum Gasteiger partial charge on any atom is -0.507 e. The molecule has 1 aliphatic carbocycles. The van der Waals surface area contributed by atoms with E-state index in [1.54, 1.807) is 0 Å². The quantitative estimate of drug-likeness (QED) is 0.807. The van der Waals surface area contributed by atoms with Gasteiger partial charge in [0.05, 0.1) is 5.92 Å².